The van der Waals surface area contributed by atoms with Gasteiger partial charge in [-0.05, 0) is 0 Å². The first kappa shape index (κ1) is 7.80. The zero-order valence-electron chi connectivity index (χ0n) is 6.17. The number of carbonyl (C=O) groups is 2. The Hall–Kier alpha value is -1.30. The molecule has 1 aliphatic rings. The number of ketones is 1. The third-order valence-electron chi connectivity index (χ3n) is 1.64. The molecule has 0 bridgehead atoms. The van der Waals surface area contributed by atoms with Crippen molar-refractivity contribution in [3.8, 4) is 12.3 Å². The molecule has 1 aliphatic heterocycles. The molecule has 0 aromatic rings. The average molecular weight is 151 g/mol. The van der Waals surface area contributed by atoms with E-state index in [9.17, 15) is 9.59 Å². The molecule has 0 N–H and O–H groups in total. The van der Waals surface area contributed by atoms with Crippen LogP contribution in [-0.4, -0.2) is 29.7 Å². The van der Waals surface area contributed by atoms with Gasteiger partial charge in [0.2, 0.25) is 5.91 Å². The Morgan fingerprint density at radius 2 is 2.27 bits per heavy atom. The molecule has 1 amide bonds. The topological polar surface area (TPSA) is 37.4 Å². The van der Waals surface area contributed by atoms with E-state index in [4.69, 9.17) is 6.42 Å². The molecule has 3 nitrogen and oxygen atoms in total. The van der Waals surface area contributed by atoms with Crippen LogP contribution in [-0.2, 0) is 9.59 Å². The van der Waals surface area contributed by atoms with E-state index in [1.54, 1.807) is 0 Å². The summed E-state index contributed by atoms with van der Waals surface area (Å²) >= 11 is 0. The number of likely N-dealkylation sites (tertiary alicyclic amines) is 1. The van der Waals surface area contributed by atoms with Gasteiger partial charge in [-0.2, -0.15) is 0 Å². The predicted molar refractivity (Wildman–Crippen MR) is 39.7 cm³/mol. The fourth-order valence-electron chi connectivity index (χ4n) is 1.03. The lowest BCUT2D eigenvalue weighted by atomic mass is 10.1. The number of hydrogen-bond donors (Lipinski definition) is 0. The molecular weight excluding hydrogens is 142 g/mol. The van der Waals surface area contributed by atoms with Crippen molar-refractivity contribution in [2.75, 3.05) is 13.1 Å². The van der Waals surface area contributed by atoms with Gasteiger partial charge in [0.1, 0.15) is 5.78 Å². The van der Waals surface area contributed by atoms with Crippen molar-refractivity contribution in [2.24, 2.45) is 0 Å². The van der Waals surface area contributed by atoms with Crippen LogP contribution >= 0.6 is 0 Å². The second-order valence-corrected chi connectivity index (χ2v) is 2.48. The first-order valence-corrected chi connectivity index (χ1v) is 3.47. The monoisotopic (exact) mass is 151 g/mol. The van der Waals surface area contributed by atoms with Gasteiger partial charge in [-0.1, -0.05) is 5.92 Å². The van der Waals surface area contributed by atoms with E-state index in [2.05, 4.69) is 5.92 Å². The fraction of sp³-hybridized carbons (Fsp3) is 0.500. The second kappa shape index (κ2) is 3.20. The minimum atomic E-state index is -0.140. The molecule has 0 unspecified atom stereocenters. The maximum Gasteiger partial charge on any atom is 0.230 e. The number of piperidine rings is 1. The molecular formula is C8H9NO2. The minimum Gasteiger partial charge on any atom is -0.331 e. The Bertz CT molecular complexity index is 227. The van der Waals surface area contributed by atoms with E-state index in [1.807, 2.05) is 0 Å². The third-order valence-corrected chi connectivity index (χ3v) is 1.64. The number of amides is 1. The molecule has 1 fully saturated rings. The van der Waals surface area contributed by atoms with Gasteiger partial charge < -0.3 is 4.90 Å². The first-order chi connectivity index (χ1) is 5.24. The molecule has 0 spiro atoms. The summed E-state index contributed by atoms with van der Waals surface area (Å²) in [6, 6.07) is 0. The van der Waals surface area contributed by atoms with Crippen LogP contribution in [0.25, 0.3) is 0 Å². The fourth-order valence-corrected chi connectivity index (χ4v) is 1.03. The largest absolute Gasteiger partial charge is 0.331 e. The number of terminal acetylenes is 1. The summed E-state index contributed by atoms with van der Waals surface area (Å²) in [5.41, 5.74) is 0. The summed E-state index contributed by atoms with van der Waals surface area (Å²) in [6.07, 6.45) is 5.51. The van der Waals surface area contributed by atoms with Crippen molar-refractivity contribution in [3.05, 3.63) is 0 Å². The van der Waals surface area contributed by atoms with Gasteiger partial charge in [0, 0.05) is 13.0 Å². The Balaban J connectivity index is 2.52. The molecule has 1 rings (SSSR count). The van der Waals surface area contributed by atoms with Crippen molar-refractivity contribution in [1.29, 1.82) is 0 Å². The van der Waals surface area contributed by atoms with Gasteiger partial charge in [0.25, 0.3) is 0 Å². The van der Waals surface area contributed by atoms with E-state index >= 15 is 0 Å². The molecule has 0 radical (unpaired) electrons. The summed E-state index contributed by atoms with van der Waals surface area (Å²) < 4.78 is 0. The van der Waals surface area contributed by atoms with Crippen LogP contribution in [0.15, 0.2) is 0 Å². The molecule has 1 saturated heterocycles. The number of hydrogen-bond acceptors (Lipinski definition) is 2. The van der Waals surface area contributed by atoms with E-state index < -0.39 is 0 Å². The average Bonchev–Trinajstić information content (AvgIpc) is 1.95. The summed E-state index contributed by atoms with van der Waals surface area (Å²) in [6.45, 7) is 0.813. The quantitative estimate of drug-likeness (QED) is 0.385. The molecule has 0 atom stereocenters. The first-order valence-electron chi connectivity index (χ1n) is 3.47. The normalized spacial score (nSPS) is 18.3. The molecule has 11 heavy (non-hydrogen) atoms. The number of carbonyl (C=O) groups excluding carboxylic acids is 2. The summed E-state index contributed by atoms with van der Waals surface area (Å²) in [4.78, 5) is 23.3. The molecule has 3 heteroatoms. The number of nitrogens with zero attached hydrogens (tertiary/aromatic N) is 1. The molecule has 0 aromatic carbocycles. The highest BCUT2D eigenvalue weighted by atomic mass is 16.2. The van der Waals surface area contributed by atoms with Crippen molar-refractivity contribution >= 4 is 11.7 Å². The SMILES string of the molecule is C#CCN1CCC(=O)CC1=O. The smallest absolute Gasteiger partial charge is 0.230 e. The van der Waals surface area contributed by atoms with Gasteiger partial charge in [-0.25, -0.2) is 0 Å². The van der Waals surface area contributed by atoms with E-state index in [0.29, 0.717) is 19.5 Å². The third kappa shape index (κ3) is 1.81. The van der Waals surface area contributed by atoms with Gasteiger partial charge in [-0.15, -0.1) is 6.42 Å². The van der Waals surface area contributed by atoms with Gasteiger partial charge >= 0.3 is 0 Å². The van der Waals surface area contributed by atoms with Crippen LogP contribution in [0.1, 0.15) is 12.8 Å². The molecule has 0 aliphatic carbocycles. The van der Waals surface area contributed by atoms with Crippen molar-refractivity contribution in [1.82, 2.24) is 4.90 Å². The van der Waals surface area contributed by atoms with Crippen LogP contribution in [0.5, 0.6) is 0 Å². The Morgan fingerprint density at radius 1 is 1.55 bits per heavy atom. The zero-order chi connectivity index (χ0) is 8.27. The highest BCUT2D eigenvalue weighted by Gasteiger charge is 2.22. The van der Waals surface area contributed by atoms with Gasteiger partial charge in [-0.3, -0.25) is 9.59 Å². The highest BCUT2D eigenvalue weighted by Crippen LogP contribution is 2.05. The summed E-state index contributed by atoms with van der Waals surface area (Å²) in [7, 11) is 0. The van der Waals surface area contributed by atoms with Crippen LogP contribution in [0.2, 0.25) is 0 Å². The number of Topliss-reactive ketones (excluding diaryl/α,β-unsaturated/α-hetero) is 1. The molecule has 0 aromatic heterocycles. The van der Waals surface area contributed by atoms with Crippen molar-refractivity contribution in [3.63, 3.8) is 0 Å². The maximum atomic E-state index is 11.0. The van der Waals surface area contributed by atoms with Crippen LogP contribution in [0, 0.1) is 12.3 Å². The van der Waals surface area contributed by atoms with E-state index in [1.165, 1.54) is 4.90 Å². The lowest BCUT2D eigenvalue weighted by molar-refractivity contribution is -0.138. The van der Waals surface area contributed by atoms with Crippen LogP contribution in [0.3, 0.4) is 0 Å². The second-order valence-electron chi connectivity index (χ2n) is 2.48. The van der Waals surface area contributed by atoms with Gasteiger partial charge in [0.15, 0.2) is 0 Å². The van der Waals surface area contributed by atoms with Gasteiger partial charge in [0.05, 0.1) is 13.0 Å². The Labute approximate surface area is 65.4 Å². The highest BCUT2D eigenvalue weighted by molar-refractivity contribution is 6.00. The Morgan fingerprint density at radius 3 is 2.82 bits per heavy atom. The maximum absolute atomic E-state index is 11.0. The van der Waals surface area contributed by atoms with E-state index in [-0.39, 0.29) is 18.1 Å². The molecule has 0 saturated carbocycles. The van der Waals surface area contributed by atoms with Crippen LogP contribution in [0.4, 0.5) is 0 Å². The Kier molecular flexibility index (Phi) is 2.27. The van der Waals surface area contributed by atoms with Crippen molar-refractivity contribution in [2.45, 2.75) is 12.8 Å². The predicted octanol–water partition coefficient (Wildman–Crippen LogP) is -0.189. The van der Waals surface area contributed by atoms with Crippen LogP contribution < -0.4 is 0 Å². The minimum absolute atomic E-state index is 0.0169. The summed E-state index contributed by atoms with van der Waals surface area (Å²) in [5, 5.41) is 0. The lowest BCUT2D eigenvalue weighted by Gasteiger charge is -2.23. The van der Waals surface area contributed by atoms with E-state index in [0.717, 1.165) is 0 Å². The molecule has 58 valence electrons. The zero-order valence-corrected chi connectivity index (χ0v) is 6.17. The summed E-state index contributed by atoms with van der Waals surface area (Å²) in [5.74, 6) is 2.25. The standard InChI is InChI=1S/C8H9NO2/c1-2-4-9-5-3-7(10)6-8(9)11/h1H,3-6H2. The molecule has 1 heterocycles. The number of rotatable bonds is 1. The lowest BCUT2D eigenvalue weighted by Crippen LogP contribution is -2.39. The van der Waals surface area contributed by atoms with Crippen molar-refractivity contribution < 1.29 is 9.59 Å².